The molecule has 0 saturated heterocycles. The van der Waals surface area contributed by atoms with Crippen LogP contribution in [0.4, 0.5) is 0 Å². The molecule has 1 aliphatic carbocycles. The van der Waals surface area contributed by atoms with Gasteiger partial charge in [-0.15, -0.1) is 0 Å². The highest BCUT2D eigenvalue weighted by molar-refractivity contribution is 7.79. The van der Waals surface area contributed by atoms with Crippen LogP contribution in [0.5, 0.6) is 0 Å². The highest BCUT2D eigenvalue weighted by Gasteiger charge is 2.33. The van der Waals surface area contributed by atoms with Gasteiger partial charge in [0.05, 0.1) is 11.6 Å². The minimum absolute atomic E-state index is 0.0983. The van der Waals surface area contributed by atoms with Gasteiger partial charge in [-0.25, -0.2) is 0 Å². The molecule has 4 atom stereocenters. The van der Waals surface area contributed by atoms with Gasteiger partial charge in [-0.05, 0) is 67.1 Å². The van der Waals surface area contributed by atoms with Crippen molar-refractivity contribution >= 4 is 18.9 Å². The Labute approximate surface area is 262 Å². The predicted molar refractivity (Wildman–Crippen MR) is 189 cm³/mol. The largest absolute Gasteiger partial charge is 0.379 e. The lowest BCUT2D eigenvalue weighted by atomic mass is 9.80. The molecule has 4 heteroatoms. The summed E-state index contributed by atoms with van der Waals surface area (Å²) in [6.07, 6.45) is 18.4. The molecule has 0 spiro atoms. The third-order valence-electron chi connectivity index (χ3n) is 7.56. The fourth-order valence-electron chi connectivity index (χ4n) is 5.16. The van der Waals surface area contributed by atoms with E-state index in [4.69, 9.17) is 5.73 Å². The van der Waals surface area contributed by atoms with E-state index in [9.17, 15) is 4.79 Å². The third kappa shape index (κ3) is 20.1. The van der Waals surface area contributed by atoms with E-state index in [1.807, 2.05) is 30.3 Å². The van der Waals surface area contributed by atoms with E-state index < -0.39 is 0 Å². The van der Waals surface area contributed by atoms with Crippen LogP contribution in [0.15, 0.2) is 54.8 Å². The van der Waals surface area contributed by atoms with Crippen molar-refractivity contribution in [2.24, 2.45) is 35.3 Å². The van der Waals surface area contributed by atoms with Gasteiger partial charge in [0.15, 0.2) is 0 Å². The molecule has 2 rings (SSSR count). The summed E-state index contributed by atoms with van der Waals surface area (Å²) in [5.74, 6) is 3.53. The zero-order chi connectivity index (χ0) is 31.8. The predicted octanol–water partition coefficient (Wildman–Crippen LogP) is 10.1. The highest BCUT2D eigenvalue weighted by atomic mass is 32.1. The summed E-state index contributed by atoms with van der Waals surface area (Å²) in [6.45, 7) is 25.0. The molecule has 0 fully saturated rings. The number of hydrogen-bond donors (Lipinski definition) is 3. The van der Waals surface area contributed by atoms with Crippen molar-refractivity contribution in [3.63, 3.8) is 0 Å². The number of carbonyl (C=O) groups is 1. The summed E-state index contributed by atoms with van der Waals surface area (Å²) in [6, 6.07) is 9.37. The molecule has 0 amide bonds. The van der Waals surface area contributed by atoms with Gasteiger partial charge in [0.25, 0.3) is 0 Å². The van der Waals surface area contributed by atoms with Gasteiger partial charge in [0.1, 0.15) is 6.29 Å². The zero-order valence-electron chi connectivity index (χ0n) is 28.6. The Bertz CT molecular complexity index is 783. The maximum absolute atomic E-state index is 10.2. The van der Waals surface area contributed by atoms with E-state index in [1.165, 1.54) is 57.1 Å². The van der Waals surface area contributed by atoms with Gasteiger partial charge in [-0.1, -0.05) is 143 Å². The second-order valence-electron chi connectivity index (χ2n) is 12.9. The number of carbonyl (C=O) groups excluding carboxylic acids is 1. The first kappa shape index (κ1) is 41.6. The van der Waals surface area contributed by atoms with E-state index in [0.29, 0.717) is 24.2 Å². The van der Waals surface area contributed by atoms with Crippen molar-refractivity contribution in [1.29, 1.82) is 0 Å². The van der Waals surface area contributed by atoms with Gasteiger partial charge in [-0.3, -0.25) is 0 Å². The van der Waals surface area contributed by atoms with Gasteiger partial charge >= 0.3 is 0 Å². The first-order valence-corrected chi connectivity index (χ1v) is 17.2. The molecule has 3 N–H and O–H groups in total. The summed E-state index contributed by atoms with van der Waals surface area (Å²) in [4.78, 5) is 10.2. The van der Waals surface area contributed by atoms with Gasteiger partial charge in [-0.2, -0.15) is 12.6 Å². The van der Waals surface area contributed by atoms with E-state index >= 15 is 0 Å². The Morgan fingerprint density at radius 2 is 1.61 bits per heavy atom. The van der Waals surface area contributed by atoms with Crippen LogP contribution >= 0.6 is 12.6 Å². The zero-order valence-corrected chi connectivity index (χ0v) is 29.5. The van der Waals surface area contributed by atoms with Gasteiger partial charge in [0.2, 0.25) is 0 Å². The first-order valence-electron chi connectivity index (χ1n) is 16.3. The third-order valence-corrected chi connectivity index (χ3v) is 7.56. The molecule has 0 heterocycles. The summed E-state index contributed by atoms with van der Waals surface area (Å²) in [5.41, 5.74) is 7.89. The molecule has 1 aromatic carbocycles. The van der Waals surface area contributed by atoms with E-state index in [-0.39, 0.29) is 11.6 Å². The monoisotopic (exact) mass is 589 g/mol. The number of nitrogens with one attached hydrogen (secondary N) is 1. The Kier molecular flexibility index (Phi) is 25.4. The minimum atomic E-state index is -0.364. The van der Waals surface area contributed by atoms with Crippen LogP contribution in [-0.4, -0.2) is 24.1 Å². The lowest BCUT2D eigenvalue weighted by molar-refractivity contribution is -0.108. The number of allylic oxidation sites excluding steroid dienone is 2. The standard InChI is InChI=1S/C23H43N.C9H11NO.C4H10.CH4S/c1-8-11-22(12-9-2)17-20(6)21(7)24-23(18(3)4)15-10-13-19(5)14-16-23;10-9(7-11)6-8-4-2-1-3-5-8;1-4(2)3;1-2/h14,16,18-20,22,24H,7-13,15,17H2,1-6H3;1-5,7,9H,6,10H2;4H,1-3H3;2H,1H3. The van der Waals surface area contributed by atoms with Crippen LogP contribution < -0.4 is 11.1 Å². The van der Waals surface area contributed by atoms with Crippen molar-refractivity contribution in [1.82, 2.24) is 5.32 Å². The highest BCUT2D eigenvalue weighted by Crippen LogP contribution is 2.33. The fourth-order valence-corrected chi connectivity index (χ4v) is 5.16. The molecule has 0 aliphatic heterocycles. The number of benzene rings is 1. The Balaban J connectivity index is 0. The van der Waals surface area contributed by atoms with Gasteiger partial charge < -0.3 is 15.8 Å². The molecule has 4 unspecified atom stereocenters. The van der Waals surface area contributed by atoms with Crippen LogP contribution in [0.25, 0.3) is 0 Å². The summed E-state index contributed by atoms with van der Waals surface area (Å²) in [5, 5.41) is 3.90. The molecule has 238 valence electrons. The molecule has 3 nitrogen and oxygen atoms in total. The van der Waals surface area contributed by atoms with Crippen LogP contribution in [0, 0.1) is 29.6 Å². The number of nitrogens with two attached hydrogens (primary N) is 1. The number of rotatable bonds is 13. The topological polar surface area (TPSA) is 55.1 Å². The number of aldehydes is 1. The van der Waals surface area contributed by atoms with Crippen LogP contribution in [0.2, 0.25) is 0 Å². The molecular weight excluding hydrogens is 520 g/mol. The van der Waals surface area contributed by atoms with Crippen LogP contribution in [0.1, 0.15) is 119 Å². The number of thiol groups is 1. The second-order valence-corrected chi connectivity index (χ2v) is 12.9. The maximum atomic E-state index is 10.2. The number of hydrogen-bond acceptors (Lipinski definition) is 4. The van der Waals surface area contributed by atoms with E-state index in [1.54, 1.807) is 6.26 Å². The lowest BCUT2D eigenvalue weighted by Crippen LogP contribution is -2.48. The molecule has 0 aromatic heterocycles. The second kappa shape index (κ2) is 25.0. The Morgan fingerprint density at radius 3 is 2.07 bits per heavy atom. The first-order chi connectivity index (χ1) is 19.4. The average molecular weight is 589 g/mol. The van der Waals surface area contributed by atoms with E-state index in [0.717, 1.165) is 23.7 Å². The fraction of sp³-hybridized carbons (Fsp3) is 0.703. The normalized spacial score (nSPS) is 19.4. The Morgan fingerprint density at radius 1 is 1.07 bits per heavy atom. The Hall–Kier alpha value is -1.52. The molecule has 0 radical (unpaired) electrons. The van der Waals surface area contributed by atoms with Crippen molar-refractivity contribution in [3.8, 4) is 0 Å². The van der Waals surface area contributed by atoms with Crippen LogP contribution in [0.3, 0.4) is 0 Å². The molecule has 0 saturated carbocycles. The maximum Gasteiger partial charge on any atom is 0.137 e. The average Bonchev–Trinajstić information content (AvgIpc) is 3.12. The SMILES string of the molecule is C=C(NC1(C(C)C)C=CC(C)CCC1)C(C)CC(CCC)CCC.CC(C)C.CS.NC(C=O)Cc1ccccc1. The lowest BCUT2D eigenvalue weighted by Gasteiger charge is -2.39. The quantitative estimate of drug-likeness (QED) is 0.122. The van der Waals surface area contributed by atoms with Crippen molar-refractivity contribution in [3.05, 3.63) is 60.3 Å². The van der Waals surface area contributed by atoms with Crippen molar-refractivity contribution in [2.75, 3.05) is 6.26 Å². The summed E-state index contributed by atoms with van der Waals surface area (Å²) >= 11 is 3.53. The minimum Gasteiger partial charge on any atom is -0.379 e. The van der Waals surface area contributed by atoms with Crippen molar-refractivity contribution in [2.45, 2.75) is 132 Å². The molecule has 41 heavy (non-hydrogen) atoms. The van der Waals surface area contributed by atoms with Crippen molar-refractivity contribution < 1.29 is 4.79 Å². The van der Waals surface area contributed by atoms with Crippen LogP contribution in [-0.2, 0) is 11.2 Å². The molecular formula is C37H68N2OS. The van der Waals surface area contributed by atoms with E-state index in [2.05, 4.69) is 99.0 Å². The molecule has 1 aliphatic rings. The molecule has 1 aromatic rings. The smallest absolute Gasteiger partial charge is 0.137 e. The summed E-state index contributed by atoms with van der Waals surface area (Å²) < 4.78 is 0. The van der Waals surface area contributed by atoms with Gasteiger partial charge in [0, 0.05) is 5.70 Å². The summed E-state index contributed by atoms with van der Waals surface area (Å²) in [7, 11) is 0. The molecule has 0 bridgehead atoms.